The van der Waals surface area contributed by atoms with Gasteiger partial charge in [0.1, 0.15) is 6.10 Å². The summed E-state index contributed by atoms with van der Waals surface area (Å²) in [7, 11) is 0. The van der Waals surface area contributed by atoms with Crippen LogP contribution < -0.4 is 0 Å². The van der Waals surface area contributed by atoms with E-state index >= 15 is 0 Å². The summed E-state index contributed by atoms with van der Waals surface area (Å²) in [6.45, 7) is 2.24. The highest BCUT2D eigenvalue weighted by molar-refractivity contribution is 6.26. The molecule has 3 heteroatoms. The van der Waals surface area contributed by atoms with Crippen LogP contribution >= 0.6 is 0 Å². The molecule has 0 heterocycles. The van der Waals surface area contributed by atoms with E-state index in [1.54, 1.807) is 6.92 Å². The number of ketones is 1. The molecule has 0 aromatic rings. The molecule has 82 valence electrons. The van der Waals surface area contributed by atoms with Gasteiger partial charge < -0.3 is 4.74 Å². The summed E-state index contributed by atoms with van der Waals surface area (Å²) in [4.78, 5) is 21.2. The Morgan fingerprint density at radius 1 is 1.53 bits per heavy atom. The van der Waals surface area contributed by atoms with Crippen molar-refractivity contribution in [3.8, 4) is 0 Å². The van der Waals surface area contributed by atoms with Gasteiger partial charge in [-0.3, -0.25) is 9.59 Å². The predicted molar refractivity (Wildman–Crippen MR) is 55.3 cm³/mol. The maximum absolute atomic E-state index is 11.0. The lowest BCUT2D eigenvalue weighted by Gasteiger charge is -2.19. The van der Waals surface area contributed by atoms with Gasteiger partial charge in [0.2, 0.25) is 5.78 Å². The summed E-state index contributed by atoms with van der Waals surface area (Å²) in [5, 5.41) is 0. The van der Waals surface area contributed by atoms with E-state index in [2.05, 4.69) is 12.2 Å². The number of hydrogen-bond acceptors (Lipinski definition) is 3. The summed E-state index contributed by atoms with van der Waals surface area (Å²) in [6.07, 6.45) is 6.71. The summed E-state index contributed by atoms with van der Waals surface area (Å²) in [5.41, 5.74) is 0. The lowest BCUT2D eigenvalue weighted by Crippen LogP contribution is -2.25. The van der Waals surface area contributed by atoms with Crippen LogP contribution in [-0.4, -0.2) is 24.8 Å². The van der Waals surface area contributed by atoms with Crippen molar-refractivity contribution in [2.75, 3.05) is 6.61 Å². The van der Waals surface area contributed by atoms with Crippen molar-refractivity contribution in [1.82, 2.24) is 0 Å². The first-order chi connectivity index (χ1) is 7.20. The molecular weight excluding hydrogens is 192 g/mol. The molecule has 0 saturated heterocycles. The molecule has 0 N–H and O–H groups in total. The first-order valence-corrected chi connectivity index (χ1v) is 5.49. The highest BCUT2D eigenvalue weighted by atomic mass is 16.5. The average Bonchev–Trinajstić information content (AvgIpc) is 2.86. The van der Waals surface area contributed by atoms with E-state index < -0.39 is 11.9 Å². The van der Waals surface area contributed by atoms with Gasteiger partial charge in [0.15, 0.2) is 6.29 Å². The Morgan fingerprint density at radius 3 is 2.87 bits per heavy atom. The Morgan fingerprint density at radius 2 is 2.33 bits per heavy atom. The maximum Gasteiger partial charge on any atom is 0.223 e. The van der Waals surface area contributed by atoms with Crippen LogP contribution in [0.2, 0.25) is 0 Å². The summed E-state index contributed by atoms with van der Waals surface area (Å²) in [6, 6.07) is 0. The number of Topliss-reactive ketones (excluding diaryl/α,β-unsaturated/α-hetero) is 1. The van der Waals surface area contributed by atoms with E-state index in [0.717, 1.165) is 5.92 Å². The van der Waals surface area contributed by atoms with Crippen LogP contribution in [0.1, 0.15) is 19.8 Å². The standard InChI is InChI=1S/C12H16O3/c1-8(12(14)6-13)15-7-11-5-9-2-3-10(11)4-9/h2-3,6,8-11H,4-5,7H2,1H3/t8?,9-,10+,11?/m0/s1. The zero-order chi connectivity index (χ0) is 10.8. The molecule has 1 fully saturated rings. The van der Waals surface area contributed by atoms with Crippen LogP contribution in [-0.2, 0) is 14.3 Å². The van der Waals surface area contributed by atoms with Crippen LogP contribution in [0.4, 0.5) is 0 Å². The highest BCUT2D eigenvalue weighted by Gasteiger charge is 2.35. The molecule has 0 radical (unpaired) electrons. The van der Waals surface area contributed by atoms with E-state index in [4.69, 9.17) is 4.74 Å². The van der Waals surface area contributed by atoms with E-state index in [9.17, 15) is 9.59 Å². The van der Waals surface area contributed by atoms with Crippen molar-refractivity contribution >= 4 is 12.1 Å². The van der Waals surface area contributed by atoms with Gasteiger partial charge >= 0.3 is 0 Å². The van der Waals surface area contributed by atoms with E-state index in [-0.39, 0.29) is 0 Å². The van der Waals surface area contributed by atoms with Crippen molar-refractivity contribution in [2.24, 2.45) is 17.8 Å². The molecule has 0 spiro atoms. The number of allylic oxidation sites excluding steroid dienone is 2. The minimum absolute atomic E-state index is 0.339. The second-order valence-electron chi connectivity index (χ2n) is 4.54. The van der Waals surface area contributed by atoms with E-state index in [1.165, 1.54) is 12.8 Å². The minimum Gasteiger partial charge on any atom is -0.370 e. The monoisotopic (exact) mass is 208 g/mol. The second-order valence-corrected chi connectivity index (χ2v) is 4.54. The molecule has 0 aliphatic heterocycles. The Bertz CT molecular complexity index is 295. The molecule has 2 aliphatic rings. The zero-order valence-electron chi connectivity index (χ0n) is 8.89. The number of ether oxygens (including phenoxy) is 1. The molecule has 2 unspecified atom stereocenters. The topological polar surface area (TPSA) is 43.4 Å². The quantitative estimate of drug-likeness (QED) is 0.389. The van der Waals surface area contributed by atoms with Crippen LogP contribution in [0, 0.1) is 17.8 Å². The number of hydrogen-bond donors (Lipinski definition) is 0. The molecule has 0 aromatic carbocycles. The maximum atomic E-state index is 11.0. The van der Waals surface area contributed by atoms with Gasteiger partial charge in [-0.2, -0.15) is 0 Å². The molecule has 15 heavy (non-hydrogen) atoms. The van der Waals surface area contributed by atoms with Crippen molar-refractivity contribution in [1.29, 1.82) is 0 Å². The first kappa shape index (κ1) is 10.6. The SMILES string of the molecule is CC(OCC1C[C@H]2C=C[C@@H]1C2)C(=O)C=O. The van der Waals surface area contributed by atoms with Gasteiger partial charge in [0.05, 0.1) is 6.61 Å². The Labute approximate surface area is 89.5 Å². The Kier molecular flexibility index (Phi) is 3.00. The van der Waals surface area contributed by atoms with Crippen LogP contribution in [0.3, 0.4) is 0 Å². The van der Waals surface area contributed by atoms with Crippen molar-refractivity contribution < 1.29 is 14.3 Å². The third kappa shape index (κ3) is 2.17. The Balaban J connectivity index is 1.77. The number of carbonyl (C=O) groups is 2. The molecule has 2 rings (SSSR count). The van der Waals surface area contributed by atoms with Crippen LogP contribution in [0.15, 0.2) is 12.2 Å². The molecule has 0 amide bonds. The van der Waals surface area contributed by atoms with Gasteiger partial charge in [-0.05, 0) is 37.5 Å². The zero-order valence-corrected chi connectivity index (χ0v) is 8.89. The number of aldehydes is 1. The largest absolute Gasteiger partial charge is 0.370 e. The fourth-order valence-electron chi connectivity index (χ4n) is 2.53. The molecule has 3 nitrogen and oxygen atoms in total. The average molecular weight is 208 g/mol. The predicted octanol–water partition coefficient (Wildman–Crippen LogP) is 1.37. The molecule has 2 aliphatic carbocycles. The lowest BCUT2D eigenvalue weighted by molar-refractivity contribution is -0.137. The normalized spacial score (nSPS) is 34.3. The third-order valence-corrected chi connectivity index (χ3v) is 3.49. The summed E-state index contributed by atoms with van der Waals surface area (Å²) < 4.78 is 5.42. The van der Waals surface area contributed by atoms with Crippen molar-refractivity contribution in [2.45, 2.75) is 25.9 Å². The molecule has 2 bridgehead atoms. The second kappa shape index (κ2) is 4.27. The fraction of sp³-hybridized carbons (Fsp3) is 0.667. The minimum atomic E-state index is -0.578. The number of rotatable bonds is 5. The molecule has 4 atom stereocenters. The van der Waals surface area contributed by atoms with Crippen LogP contribution in [0.25, 0.3) is 0 Å². The Hall–Kier alpha value is -0.960. The van der Waals surface area contributed by atoms with Gasteiger partial charge in [0, 0.05) is 0 Å². The van der Waals surface area contributed by atoms with Crippen molar-refractivity contribution in [3.05, 3.63) is 12.2 Å². The van der Waals surface area contributed by atoms with E-state index in [0.29, 0.717) is 24.7 Å². The molecular formula is C12H16O3. The first-order valence-electron chi connectivity index (χ1n) is 5.49. The highest BCUT2D eigenvalue weighted by Crippen LogP contribution is 2.43. The smallest absolute Gasteiger partial charge is 0.223 e. The lowest BCUT2D eigenvalue weighted by atomic mass is 9.94. The van der Waals surface area contributed by atoms with Gasteiger partial charge in [-0.1, -0.05) is 12.2 Å². The number of fused-ring (bicyclic) bond motifs is 2. The fourth-order valence-corrected chi connectivity index (χ4v) is 2.53. The van der Waals surface area contributed by atoms with Gasteiger partial charge in [0.25, 0.3) is 0 Å². The van der Waals surface area contributed by atoms with E-state index in [1.807, 2.05) is 0 Å². The summed E-state index contributed by atoms with van der Waals surface area (Å²) in [5.74, 6) is 1.44. The van der Waals surface area contributed by atoms with Crippen LogP contribution in [0.5, 0.6) is 0 Å². The molecule has 0 aromatic heterocycles. The molecule has 1 saturated carbocycles. The van der Waals surface area contributed by atoms with Gasteiger partial charge in [-0.25, -0.2) is 0 Å². The summed E-state index contributed by atoms with van der Waals surface area (Å²) >= 11 is 0. The van der Waals surface area contributed by atoms with Crippen molar-refractivity contribution in [3.63, 3.8) is 0 Å². The third-order valence-electron chi connectivity index (χ3n) is 3.49. The van der Waals surface area contributed by atoms with Gasteiger partial charge in [-0.15, -0.1) is 0 Å². The number of carbonyl (C=O) groups excluding carboxylic acids is 2.